The van der Waals surface area contributed by atoms with Crippen molar-refractivity contribution in [3.05, 3.63) is 35.9 Å². The summed E-state index contributed by atoms with van der Waals surface area (Å²) in [6, 6.07) is 9.60. The van der Waals surface area contributed by atoms with Gasteiger partial charge in [0.1, 0.15) is 0 Å². The van der Waals surface area contributed by atoms with Gasteiger partial charge in [-0.1, -0.05) is 30.3 Å². The minimum absolute atomic E-state index is 0.0515. The Bertz CT molecular complexity index is 500. The largest absolute Gasteiger partial charge is 0.481 e. The lowest BCUT2D eigenvalue weighted by molar-refractivity contribution is -0.137. The number of urea groups is 1. The number of carboxylic acids is 1. The first kappa shape index (κ1) is 16.3. The van der Waals surface area contributed by atoms with Crippen molar-refractivity contribution in [1.82, 2.24) is 10.6 Å². The fraction of sp³-hybridized carbons (Fsp3) is 0.529. The standard InChI is InChI=1S/C17H24N2O3/c1-12(14-7-8-14)18-17(22)19-15(9-10-16(20)21)11-13-5-3-2-4-6-13/h2-6,12,14-15H,7-11H2,1H3,(H,20,21)(H2,18,19,22)/t12-,15?/m1/s1. The van der Waals surface area contributed by atoms with E-state index in [1.807, 2.05) is 37.3 Å². The van der Waals surface area contributed by atoms with Crippen LogP contribution in [0.1, 0.15) is 38.2 Å². The van der Waals surface area contributed by atoms with Gasteiger partial charge in [-0.2, -0.15) is 0 Å². The molecule has 22 heavy (non-hydrogen) atoms. The zero-order chi connectivity index (χ0) is 15.9. The summed E-state index contributed by atoms with van der Waals surface area (Å²) in [7, 11) is 0. The summed E-state index contributed by atoms with van der Waals surface area (Å²) in [4.78, 5) is 22.9. The smallest absolute Gasteiger partial charge is 0.315 e. The van der Waals surface area contributed by atoms with E-state index in [0.717, 1.165) is 5.56 Å². The molecule has 2 atom stereocenters. The predicted octanol–water partition coefficient (Wildman–Crippen LogP) is 2.56. The van der Waals surface area contributed by atoms with Gasteiger partial charge in [0.15, 0.2) is 0 Å². The Morgan fingerprint density at radius 3 is 2.50 bits per heavy atom. The summed E-state index contributed by atoms with van der Waals surface area (Å²) >= 11 is 0. The van der Waals surface area contributed by atoms with Crippen molar-refractivity contribution in [3.63, 3.8) is 0 Å². The molecule has 0 saturated heterocycles. The average Bonchev–Trinajstić information content (AvgIpc) is 3.30. The van der Waals surface area contributed by atoms with Gasteiger partial charge in [-0.25, -0.2) is 4.79 Å². The number of carbonyl (C=O) groups excluding carboxylic acids is 1. The molecule has 120 valence electrons. The zero-order valence-corrected chi connectivity index (χ0v) is 12.9. The third-order valence-electron chi connectivity index (χ3n) is 4.05. The molecule has 1 aliphatic carbocycles. The Hall–Kier alpha value is -2.04. The third-order valence-corrected chi connectivity index (χ3v) is 4.05. The topological polar surface area (TPSA) is 78.4 Å². The Morgan fingerprint density at radius 2 is 1.91 bits per heavy atom. The van der Waals surface area contributed by atoms with Crippen molar-refractivity contribution in [2.45, 2.75) is 51.1 Å². The zero-order valence-electron chi connectivity index (χ0n) is 12.9. The summed E-state index contributed by atoms with van der Waals surface area (Å²) in [6.07, 6.45) is 3.46. The molecular formula is C17H24N2O3. The maximum atomic E-state index is 12.1. The molecule has 1 fully saturated rings. The number of amides is 2. The van der Waals surface area contributed by atoms with E-state index < -0.39 is 5.97 Å². The lowest BCUT2D eigenvalue weighted by Gasteiger charge is -2.21. The molecule has 1 unspecified atom stereocenters. The van der Waals surface area contributed by atoms with Crippen molar-refractivity contribution in [2.75, 3.05) is 0 Å². The summed E-state index contributed by atoms with van der Waals surface area (Å²) in [5.41, 5.74) is 1.09. The number of carboxylic acid groups (broad SMARTS) is 1. The quantitative estimate of drug-likeness (QED) is 0.690. The van der Waals surface area contributed by atoms with Crippen LogP contribution < -0.4 is 10.6 Å². The van der Waals surface area contributed by atoms with E-state index in [2.05, 4.69) is 10.6 Å². The average molecular weight is 304 g/mol. The van der Waals surface area contributed by atoms with E-state index in [-0.39, 0.29) is 24.5 Å². The molecule has 2 rings (SSSR count). The second kappa shape index (κ2) is 7.82. The summed E-state index contributed by atoms with van der Waals surface area (Å²) in [5, 5.41) is 14.7. The number of carbonyl (C=O) groups is 2. The van der Waals surface area contributed by atoms with Gasteiger partial charge in [0.2, 0.25) is 0 Å². The second-order valence-electron chi connectivity index (χ2n) is 6.06. The molecular weight excluding hydrogens is 280 g/mol. The van der Waals surface area contributed by atoms with Crippen LogP contribution in [0.5, 0.6) is 0 Å². The van der Waals surface area contributed by atoms with Crippen molar-refractivity contribution < 1.29 is 14.7 Å². The summed E-state index contributed by atoms with van der Waals surface area (Å²) in [5.74, 6) is -0.246. The van der Waals surface area contributed by atoms with E-state index in [1.165, 1.54) is 12.8 Å². The van der Waals surface area contributed by atoms with Crippen LogP contribution in [0, 0.1) is 5.92 Å². The molecule has 1 aromatic rings. The Labute approximate surface area is 131 Å². The fourth-order valence-corrected chi connectivity index (χ4v) is 2.57. The van der Waals surface area contributed by atoms with Gasteiger partial charge in [0.05, 0.1) is 0 Å². The molecule has 5 heteroatoms. The first-order valence-corrected chi connectivity index (χ1v) is 7.87. The van der Waals surface area contributed by atoms with Crippen molar-refractivity contribution in [3.8, 4) is 0 Å². The molecule has 1 aliphatic rings. The molecule has 0 heterocycles. The molecule has 0 aromatic heterocycles. The Balaban J connectivity index is 1.87. The van der Waals surface area contributed by atoms with E-state index in [0.29, 0.717) is 18.8 Å². The number of rotatable bonds is 8. The Kier molecular flexibility index (Phi) is 5.81. The summed E-state index contributed by atoms with van der Waals surface area (Å²) < 4.78 is 0. The van der Waals surface area contributed by atoms with Gasteiger partial charge in [-0.05, 0) is 44.1 Å². The molecule has 1 saturated carbocycles. The third kappa shape index (κ3) is 5.76. The SMILES string of the molecule is C[C@@H](NC(=O)NC(CCC(=O)O)Cc1ccccc1)C1CC1. The molecule has 1 aromatic carbocycles. The van der Waals surface area contributed by atoms with Gasteiger partial charge in [-0.15, -0.1) is 0 Å². The highest BCUT2D eigenvalue weighted by molar-refractivity contribution is 5.74. The number of hydrogen-bond donors (Lipinski definition) is 3. The monoisotopic (exact) mass is 304 g/mol. The molecule has 5 nitrogen and oxygen atoms in total. The number of aliphatic carboxylic acids is 1. The number of nitrogens with one attached hydrogen (secondary N) is 2. The Morgan fingerprint density at radius 1 is 1.23 bits per heavy atom. The van der Waals surface area contributed by atoms with Crippen molar-refractivity contribution >= 4 is 12.0 Å². The van der Waals surface area contributed by atoms with E-state index in [4.69, 9.17) is 5.11 Å². The highest BCUT2D eigenvalue weighted by Gasteiger charge is 2.29. The van der Waals surface area contributed by atoms with E-state index >= 15 is 0 Å². The fourth-order valence-electron chi connectivity index (χ4n) is 2.57. The molecule has 0 bridgehead atoms. The molecule has 2 amide bonds. The first-order valence-electron chi connectivity index (χ1n) is 7.87. The van der Waals surface area contributed by atoms with Crippen molar-refractivity contribution in [1.29, 1.82) is 0 Å². The van der Waals surface area contributed by atoms with Gasteiger partial charge in [-0.3, -0.25) is 4.79 Å². The van der Waals surface area contributed by atoms with E-state index in [9.17, 15) is 9.59 Å². The molecule has 0 spiro atoms. The van der Waals surface area contributed by atoms with Crippen LogP contribution in [-0.2, 0) is 11.2 Å². The molecule has 0 radical (unpaired) electrons. The normalized spacial score (nSPS) is 16.6. The van der Waals surface area contributed by atoms with Crippen LogP contribution in [0.3, 0.4) is 0 Å². The van der Waals surface area contributed by atoms with Crippen LogP contribution in [0.4, 0.5) is 4.79 Å². The van der Waals surface area contributed by atoms with Crippen LogP contribution in [0.15, 0.2) is 30.3 Å². The second-order valence-corrected chi connectivity index (χ2v) is 6.06. The minimum Gasteiger partial charge on any atom is -0.481 e. The van der Waals surface area contributed by atoms with Crippen LogP contribution >= 0.6 is 0 Å². The predicted molar refractivity (Wildman–Crippen MR) is 84.7 cm³/mol. The lowest BCUT2D eigenvalue weighted by atomic mass is 10.0. The van der Waals surface area contributed by atoms with Crippen LogP contribution in [-0.4, -0.2) is 29.2 Å². The highest BCUT2D eigenvalue weighted by Crippen LogP contribution is 2.32. The maximum Gasteiger partial charge on any atom is 0.315 e. The number of hydrogen-bond acceptors (Lipinski definition) is 2. The van der Waals surface area contributed by atoms with Gasteiger partial charge in [0, 0.05) is 18.5 Å². The number of benzene rings is 1. The van der Waals surface area contributed by atoms with Gasteiger partial charge in [0.25, 0.3) is 0 Å². The van der Waals surface area contributed by atoms with Crippen LogP contribution in [0.25, 0.3) is 0 Å². The lowest BCUT2D eigenvalue weighted by Crippen LogP contribution is -2.46. The van der Waals surface area contributed by atoms with Crippen molar-refractivity contribution in [2.24, 2.45) is 5.92 Å². The highest BCUT2D eigenvalue weighted by atomic mass is 16.4. The molecule has 0 aliphatic heterocycles. The summed E-state index contributed by atoms with van der Waals surface area (Å²) in [6.45, 7) is 2.01. The maximum absolute atomic E-state index is 12.1. The van der Waals surface area contributed by atoms with Gasteiger partial charge < -0.3 is 15.7 Å². The minimum atomic E-state index is -0.841. The van der Waals surface area contributed by atoms with Crippen LogP contribution in [0.2, 0.25) is 0 Å². The first-order chi connectivity index (χ1) is 10.5. The van der Waals surface area contributed by atoms with E-state index in [1.54, 1.807) is 0 Å². The van der Waals surface area contributed by atoms with Gasteiger partial charge >= 0.3 is 12.0 Å². The molecule has 3 N–H and O–H groups in total.